The summed E-state index contributed by atoms with van der Waals surface area (Å²) in [6, 6.07) is 5.45. The van der Waals surface area contributed by atoms with Gasteiger partial charge in [0.25, 0.3) is 0 Å². The molecule has 77 heavy (non-hydrogen) atoms. The number of thioether (sulfide) groups is 1. The van der Waals surface area contributed by atoms with E-state index in [1.54, 1.807) is 18.3 Å². The second-order valence-electron chi connectivity index (χ2n) is 18.7. The maximum atomic E-state index is 14.6. The number of unbranched alkanes of at least 4 members (excludes halogenated alkanes) is 2. The van der Waals surface area contributed by atoms with E-state index in [2.05, 4.69) is 47.5 Å². The summed E-state index contributed by atoms with van der Waals surface area (Å²) in [5.74, 6) is -5.68. The molecule has 2 fully saturated rings. The number of nitrogens with one attached hydrogen (secondary N) is 9. The van der Waals surface area contributed by atoms with Crippen LogP contribution in [0, 0.1) is 0 Å². The first-order chi connectivity index (χ1) is 36.9. The number of nitrogens with two attached hydrogens (primary N) is 1. The van der Waals surface area contributed by atoms with Crippen LogP contribution in [-0.2, 0) is 60.8 Å². The summed E-state index contributed by atoms with van der Waals surface area (Å²) in [5, 5.41) is 42.4. The monoisotopic (exact) mass is 1130 g/mol. The molecule has 2 aliphatic rings. The van der Waals surface area contributed by atoms with Gasteiger partial charge in [-0.1, -0.05) is 64.8 Å². The van der Waals surface area contributed by atoms with Crippen molar-refractivity contribution in [3.05, 3.63) is 65.9 Å². The second kappa shape index (κ2) is 31.2. The third-order valence-corrected chi connectivity index (χ3v) is 16.4. The molecule has 0 aliphatic carbocycles. The Morgan fingerprint density at radius 1 is 0.831 bits per heavy atom. The van der Waals surface area contributed by atoms with Gasteiger partial charge in [-0.2, -0.15) is 0 Å². The number of benzene rings is 2. The summed E-state index contributed by atoms with van der Waals surface area (Å²) in [7, 11) is 3.81. The SMILES string of the molecule is CNC(=O)CCSC1CC(=O)N(CCCNC(=O)[C@H](C)NC(=O)[C@@H]2CSSCCC(=O)N[C@@H](Cc3ccc(O)cc3)C(=O)N[C@H](Cc3c[nH]c4ccccc34)C(=O)N[C@@H](CCCCCN)C(=O)N[C@@H]([C@@H](C)O)C(=O)N2)C1=O. The standard InChI is InChI=1S/C51H71N11O12S3/c1-29(45(68)54-20-9-21-62-43(67)26-40(51(62)74)75-22-17-41(65)53-3)56-49(72)39-28-77-76-23-18-42(66)57-37(24-31-13-15-33(64)16-14-31)47(70)59-38(25-32-27-55-35-11-7-6-10-34(32)35)48(71)58-36(12-5-4-8-19-52)46(69)61-44(30(2)63)50(73)60-39/h6-7,10-11,13-16,27,29-30,36-40,44,55,63-64H,4-5,8-9,12,17-26,28,52H2,1-3H3,(H,53,65)(H,54,68)(H,56,72)(H,57,66)(H,58,71)(H,59,70)(H,60,73)(H,61,69)/t29-,30+,36-,37-,38+,39-,40?,44-/m0/s1. The Kier molecular flexibility index (Phi) is 24.9. The number of H-pyrrole nitrogens is 1. The van der Waals surface area contributed by atoms with E-state index >= 15 is 0 Å². The minimum Gasteiger partial charge on any atom is -0.508 e. The number of hydrogen-bond donors (Lipinski definition) is 12. The zero-order chi connectivity index (χ0) is 56.0. The zero-order valence-corrected chi connectivity index (χ0v) is 45.8. The van der Waals surface area contributed by atoms with Gasteiger partial charge < -0.3 is 63.5 Å². The van der Waals surface area contributed by atoms with Gasteiger partial charge in [0, 0.05) is 86.6 Å². The molecule has 10 amide bonds. The predicted molar refractivity (Wildman–Crippen MR) is 294 cm³/mol. The highest BCUT2D eigenvalue weighted by Gasteiger charge is 2.39. The van der Waals surface area contributed by atoms with Crippen molar-refractivity contribution in [1.29, 1.82) is 0 Å². The summed E-state index contributed by atoms with van der Waals surface area (Å²) in [6.45, 7) is 3.14. The molecule has 0 saturated carbocycles. The van der Waals surface area contributed by atoms with E-state index in [4.69, 9.17) is 5.73 Å². The molecule has 2 saturated heterocycles. The van der Waals surface area contributed by atoms with E-state index in [9.17, 15) is 58.2 Å². The Hall–Kier alpha value is -6.35. The number of phenols is 1. The van der Waals surface area contributed by atoms with Gasteiger partial charge in [0.15, 0.2) is 0 Å². The lowest BCUT2D eigenvalue weighted by Gasteiger charge is -2.28. The molecule has 420 valence electrons. The van der Waals surface area contributed by atoms with Crippen LogP contribution in [0.15, 0.2) is 54.7 Å². The first kappa shape index (κ1) is 61.5. The van der Waals surface area contributed by atoms with Crippen LogP contribution >= 0.6 is 33.3 Å². The molecule has 3 aromatic rings. The van der Waals surface area contributed by atoms with Crippen LogP contribution in [0.25, 0.3) is 10.9 Å². The van der Waals surface area contributed by atoms with Gasteiger partial charge in [-0.3, -0.25) is 52.8 Å². The molecule has 3 heterocycles. The Balaban J connectivity index is 1.33. The maximum absolute atomic E-state index is 14.6. The summed E-state index contributed by atoms with van der Waals surface area (Å²) < 4.78 is 0. The van der Waals surface area contributed by atoms with Crippen molar-refractivity contribution in [2.45, 2.75) is 126 Å². The van der Waals surface area contributed by atoms with Gasteiger partial charge in [-0.25, -0.2) is 0 Å². The highest BCUT2D eigenvalue weighted by molar-refractivity contribution is 8.76. The number of aromatic hydroxyl groups is 1. The molecule has 26 heteroatoms. The number of likely N-dealkylation sites (tertiary alicyclic amines) is 1. The topological polar surface area (TPSA) is 352 Å². The fourth-order valence-corrected chi connectivity index (χ4v) is 11.7. The number of imide groups is 1. The summed E-state index contributed by atoms with van der Waals surface area (Å²) in [5.41, 5.74) is 7.78. The maximum Gasteiger partial charge on any atom is 0.245 e. The number of aliphatic hydroxyl groups excluding tert-OH is 1. The summed E-state index contributed by atoms with van der Waals surface area (Å²) >= 11 is 1.23. The molecular weight excluding hydrogens is 1050 g/mol. The third-order valence-electron chi connectivity index (χ3n) is 12.8. The summed E-state index contributed by atoms with van der Waals surface area (Å²) in [6.07, 6.45) is 2.10. The smallest absolute Gasteiger partial charge is 0.245 e. The molecular formula is C51H71N11O12S3. The lowest BCUT2D eigenvalue weighted by atomic mass is 10.0. The van der Waals surface area contributed by atoms with Crippen molar-refractivity contribution in [3.8, 4) is 5.75 Å². The number of aromatic amines is 1. The fourth-order valence-electron chi connectivity index (χ4n) is 8.39. The highest BCUT2D eigenvalue weighted by atomic mass is 33.1. The first-order valence-corrected chi connectivity index (χ1v) is 29.1. The number of fused-ring (bicyclic) bond motifs is 1. The largest absolute Gasteiger partial charge is 0.508 e. The Morgan fingerprint density at radius 2 is 1.53 bits per heavy atom. The molecule has 13 N–H and O–H groups in total. The van der Waals surface area contributed by atoms with Gasteiger partial charge in [-0.15, -0.1) is 11.8 Å². The molecule has 8 atom stereocenters. The Labute approximate surface area is 458 Å². The van der Waals surface area contributed by atoms with Crippen LogP contribution in [-0.4, -0.2) is 171 Å². The van der Waals surface area contributed by atoms with Gasteiger partial charge in [-0.05, 0) is 69.0 Å². The first-order valence-electron chi connectivity index (χ1n) is 25.6. The quantitative estimate of drug-likeness (QED) is 0.0373. The number of para-hydroxylation sites is 1. The van der Waals surface area contributed by atoms with Crippen LogP contribution in [0.4, 0.5) is 0 Å². The number of aliphatic hydroxyl groups is 1. The van der Waals surface area contributed by atoms with E-state index in [-0.39, 0.29) is 93.0 Å². The predicted octanol–water partition coefficient (Wildman–Crippen LogP) is -0.224. The number of carbonyl (C=O) groups is 10. The fraction of sp³-hybridized carbons (Fsp3) is 0.529. The molecule has 5 rings (SSSR count). The van der Waals surface area contributed by atoms with Crippen LogP contribution in [0.2, 0.25) is 0 Å². The van der Waals surface area contributed by atoms with Crippen molar-refractivity contribution in [3.63, 3.8) is 0 Å². The number of amides is 10. The van der Waals surface area contributed by atoms with Gasteiger partial charge >= 0.3 is 0 Å². The molecule has 1 aromatic heterocycles. The molecule has 0 radical (unpaired) electrons. The average molecular weight is 1130 g/mol. The third kappa shape index (κ3) is 19.3. The average Bonchev–Trinajstić information content (AvgIpc) is 3.93. The number of phenolic OH excluding ortho intramolecular Hbond substituents is 1. The normalized spacial score (nSPS) is 22.2. The lowest BCUT2D eigenvalue weighted by molar-refractivity contribution is -0.138. The molecule has 2 aromatic carbocycles. The minimum atomic E-state index is -1.65. The van der Waals surface area contributed by atoms with Gasteiger partial charge in [0.2, 0.25) is 59.1 Å². The number of carbonyl (C=O) groups excluding carboxylic acids is 10. The molecule has 0 bridgehead atoms. The van der Waals surface area contributed by atoms with E-state index in [1.807, 2.05) is 24.3 Å². The Bertz CT molecular complexity index is 2550. The number of aromatic nitrogens is 1. The van der Waals surface area contributed by atoms with Crippen molar-refractivity contribution < 1.29 is 58.2 Å². The van der Waals surface area contributed by atoms with E-state index in [1.165, 1.54) is 55.6 Å². The number of rotatable bonds is 21. The molecule has 1 unspecified atom stereocenters. The summed E-state index contributed by atoms with van der Waals surface area (Å²) in [4.78, 5) is 139. The van der Waals surface area contributed by atoms with Gasteiger partial charge in [0.05, 0.1) is 11.4 Å². The van der Waals surface area contributed by atoms with Crippen LogP contribution < -0.4 is 48.3 Å². The lowest BCUT2D eigenvalue weighted by Crippen LogP contribution is -2.62. The molecule has 23 nitrogen and oxygen atoms in total. The van der Waals surface area contributed by atoms with Crippen LogP contribution in [0.3, 0.4) is 0 Å². The van der Waals surface area contributed by atoms with Crippen molar-refractivity contribution in [2.24, 2.45) is 5.73 Å². The second-order valence-corrected chi connectivity index (χ2v) is 22.6. The van der Waals surface area contributed by atoms with Crippen molar-refractivity contribution in [1.82, 2.24) is 52.4 Å². The number of hydrogen-bond acceptors (Lipinski definition) is 16. The van der Waals surface area contributed by atoms with E-state index in [0.717, 1.165) is 26.6 Å². The molecule has 2 aliphatic heterocycles. The molecule has 0 spiro atoms. The minimum absolute atomic E-state index is 0.00668. The van der Waals surface area contributed by atoms with E-state index < -0.39 is 89.0 Å². The van der Waals surface area contributed by atoms with Crippen LogP contribution in [0.1, 0.15) is 76.3 Å². The Morgan fingerprint density at radius 3 is 2.25 bits per heavy atom. The van der Waals surface area contributed by atoms with Gasteiger partial charge in [0.1, 0.15) is 42.0 Å². The highest BCUT2D eigenvalue weighted by Crippen LogP contribution is 2.27. The number of nitrogens with zero attached hydrogens (tertiary/aromatic N) is 1. The zero-order valence-electron chi connectivity index (χ0n) is 43.4. The van der Waals surface area contributed by atoms with Crippen molar-refractivity contribution in [2.75, 3.05) is 43.9 Å². The van der Waals surface area contributed by atoms with E-state index in [0.29, 0.717) is 42.7 Å². The van der Waals surface area contributed by atoms with Crippen molar-refractivity contribution >= 4 is 103 Å². The van der Waals surface area contributed by atoms with Crippen LogP contribution in [0.5, 0.6) is 5.75 Å².